The highest BCUT2D eigenvalue weighted by atomic mass is 16.1. The van der Waals surface area contributed by atoms with Gasteiger partial charge in [-0.2, -0.15) is 0 Å². The number of nitrogens with one attached hydrogen (secondary N) is 2. The van der Waals surface area contributed by atoms with Gasteiger partial charge in [0.25, 0.3) is 5.91 Å². The van der Waals surface area contributed by atoms with Crippen LogP contribution in [-0.2, 0) is 0 Å². The van der Waals surface area contributed by atoms with Crippen LogP contribution in [0.1, 0.15) is 32.6 Å². The summed E-state index contributed by atoms with van der Waals surface area (Å²) in [5, 5.41) is 6.12. The molecule has 0 fully saturated rings. The van der Waals surface area contributed by atoms with E-state index >= 15 is 0 Å². The zero-order valence-corrected chi connectivity index (χ0v) is 15.4. The minimum absolute atomic E-state index is 0.222. The molecule has 0 spiro atoms. The maximum absolute atomic E-state index is 12.5. The third kappa shape index (κ3) is 3.88. The summed E-state index contributed by atoms with van der Waals surface area (Å²) in [7, 11) is 0. The Labute approximate surface area is 153 Å². The number of carbonyl (C=O) groups excluding carboxylic acids is 1. The molecular weight excluding hydrogens is 324 g/mol. The molecule has 2 N–H and O–H groups in total. The average molecular weight is 346 g/mol. The van der Waals surface area contributed by atoms with Crippen molar-refractivity contribution in [1.82, 2.24) is 9.97 Å². The standard InChI is InChI=1S/C21H22N4O/c1-13-8-9-18(16(4)10-13)24-21-22-11-17(12-23-21)20(26)25-19-14(2)6-5-7-15(19)3/h5-12H,1-4H3,(H,25,26)(H,22,23,24). The van der Waals surface area contributed by atoms with Crippen molar-refractivity contribution < 1.29 is 4.79 Å². The number of nitrogens with zero attached hydrogens (tertiary/aromatic N) is 2. The van der Waals surface area contributed by atoms with Crippen molar-refractivity contribution in [2.75, 3.05) is 10.6 Å². The molecule has 3 aromatic rings. The summed E-state index contributed by atoms with van der Waals surface area (Å²) in [6.45, 7) is 8.02. The van der Waals surface area contributed by atoms with Crippen molar-refractivity contribution in [3.05, 3.63) is 76.6 Å². The summed E-state index contributed by atoms with van der Waals surface area (Å²) in [4.78, 5) is 21.0. The van der Waals surface area contributed by atoms with E-state index in [2.05, 4.69) is 33.6 Å². The van der Waals surface area contributed by atoms with Crippen LogP contribution in [0.25, 0.3) is 0 Å². The Bertz CT molecular complexity index is 928. The zero-order valence-electron chi connectivity index (χ0n) is 15.4. The van der Waals surface area contributed by atoms with Gasteiger partial charge in [-0.3, -0.25) is 4.79 Å². The number of para-hydroxylation sites is 1. The van der Waals surface area contributed by atoms with E-state index in [4.69, 9.17) is 0 Å². The normalized spacial score (nSPS) is 10.5. The fraction of sp³-hybridized carbons (Fsp3) is 0.190. The fourth-order valence-corrected chi connectivity index (χ4v) is 2.78. The highest BCUT2D eigenvalue weighted by molar-refractivity contribution is 6.04. The second-order valence-electron chi connectivity index (χ2n) is 6.46. The van der Waals surface area contributed by atoms with Gasteiger partial charge in [-0.05, 0) is 50.5 Å². The van der Waals surface area contributed by atoms with Crippen LogP contribution < -0.4 is 10.6 Å². The molecule has 0 aliphatic heterocycles. The van der Waals surface area contributed by atoms with E-state index in [1.807, 2.05) is 51.1 Å². The predicted molar refractivity (Wildman–Crippen MR) is 105 cm³/mol. The van der Waals surface area contributed by atoms with Gasteiger partial charge in [-0.25, -0.2) is 9.97 Å². The van der Waals surface area contributed by atoms with E-state index < -0.39 is 0 Å². The number of carbonyl (C=O) groups is 1. The summed E-state index contributed by atoms with van der Waals surface area (Å²) in [5.74, 6) is 0.237. The molecule has 0 radical (unpaired) electrons. The van der Waals surface area contributed by atoms with Crippen LogP contribution in [0.15, 0.2) is 48.8 Å². The lowest BCUT2D eigenvalue weighted by Crippen LogP contribution is -2.14. The van der Waals surface area contributed by atoms with Gasteiger partial charge in [0.15, 0.2) is 0 Å². The largest absolute Gasteiger partial charge is 0.324 e. The minimum Gasteiger partial charge on any atom is -0.324 e. The van der Waals surface area contributed by atoms with Crippen molar-refractivity contribution in [2.45, 2.75) is 27.7 Å². The van der Waals surface area contributed by atoms with Crippen LogP contribution in [0.2, 0.25) is 0 Å². The first-order valence-corrected chi connectivity index (χ1v) is 8.48. The monoisotopic (exact) mass is 346 g/mol. The van der Waals surface area contributed by atoms with Gasteiger partial charge in [-0.1, -0.05) is 35.9 Å². The molecular formula is C21H22N4O. The summed E-state index contributed by atoms with van der Waals surface area (Å²) in [6.07, 6.45) is 3.06. The second kappa shape index (κ2) is 7.35. The van der Waals surface area contributed by atoms with Crippen LogP contribution in [0.3, 0.4) is 0 Å². The van der Waals surface area contributed by atoms with Crippen LogP contribution in [0.4, 0.5) is 17.3 Å². The van der Waals surface area contributed by atoms with Crippen LogP contribution in [0.5, 0.6) is 0 Å². The molecule has 0 aliphatic rings. The minimum atomic E-state index is -0.222. The van der Waals surface area contributed by atoms with Crippen molar-refractivity contribution in [2.24, 2.45) is 0 Å². The van der Waals surface area contributed by atoms with E-state index in [-0.39, 0.29) is 5.91 Å². The predicted octanol–water partition coefficient (Wildman–Crippen LogP) is 4.71. The van der Waals surface area contributed by atoms with E-state index in [0.717, 1.165) is 28.1 Å². The maximum Gasteiger partial charge on any atom is 0.258 e. The molecule has 26 heavy (non-hydrogen) atoms. The van der Waals surface area contributed by atoms with Crippen molar-refractivity contribution in [3.8, 4) is 0 Å². The Morgan fingerprint density at radius 3 is 2.15 bits per heavy atom. The van der Waals surface area contributed by atoms with Gasteiger partial charge < -0.3 is 10.6 Å². The number of aromatic nitrogens is 2. The summed E-state index contributed by atoms with van der Waals surface area (Å²) < 4.78 is 0. The average Bonchev–Trinajstić information content (AvgIpc) is 2.61. The summed E-state index contributed by atoms with van der Waals surface area (Å²) in [6, 6.07) is 12.0. The summed E-state index contributed by atoms with van der Waals surface area (Å²) >= 11 is 0. The summed E-state index contributed by atoms with van der Waals surface area (Å²) in [5.41, 5.74) is 6.55. The molecule has 0 unspecified atom stereocenters. The highest BCUT2D eigenvalue weighted by Crippen LogP contribution is 2.21. The van der Waals surface area contributed by atoms with Crippen LogP contribution in [0, 0.1) is 27.7 Å². The maximum atomic E-state index is 12.5. The number of hydrogen-bond acceptors (Lipinski definition) is 4. The lowest BCUT2D eigenvalue weighted by Gasteiger charge is -2.12. The second-order valence-corrected chi connectivity index (χ2v) is 6.46. The Morgan fingerprint density at radius 1 is 0.885 bits per heavy atom. The van der Waals surface area contributed by atoms with Gasteiger partial charge in [0.05, 0.1) is 5.56 Å². The Kier molecular flexibility index (Phi) is 4.98. The first kappa shape index (κ1) is 17.6. The van der Waals surface area contributed by atoms with E-state index in [1.165, 1.54) is 18.0 Å². The molecule has 1 aromatic heterocycles. The Balaban J connectivity index is 1.74. The highest BCUT2D eigenvalue weighted by Gasteiger charge is 2.11. The molecule has 2 aromatic carbocycles. The van der Waals surface area contributed by atoms with Crippen molar-refractivity contribution in [1.29, 1.82) is 0 Å². The van der Waals surface area contributed by atoms with Gasteiger partial charge in [-0.15, -0.1) is 0 Å². The number of aryl methyl sites for hydroxylation is 4. The fourth-order valence-electron chi connectivity index (χ4n) is 2.78. The Morgan fingerprint density at radius 2 is 1.54 bits per heavy atom. The molecule has 1 heterocycles. The van der Waals surface area contributed by atoms with E-state index in [1.54, 1.807) is 0 Å². The van der Waals surface area contributed by atoms with E-state index in [9.17, 15) is 4.79 Å². The van der Waals surface area contributed by atoms with Gasteiger partial charge in [0, 0.05) is 23.8 Å². The van der Waals surface area contributed by atoms with Crippen molar-refractivity contribution in [3.63, 3.8) is 0 Å². The molecule has 3 rings (SSSR count). The topological polar surface area (TPSA) is 66.9 Å². The van der Waals surface area contributed by atoms with Gasteiger partial charge in [0.1, 0.15) is 0 Å². The van der Waals surface area contributed by atoms with Gasteiger partial charge >= 0.3 is 0 Å². The first-order chi connectivity index (χ1) is 12.4. The molecule has 5 nitrogen and oxygen atoms in total. The molecule has 132 valence electrons. The molecule has 5 heteroatoms. The zero-order chi connectivity index (χ0) is 18.7. The Hall–Kier alpha value is -3.21. The smallest absolute Gasteiger partial charge is 0.258 e. The number of benzene rings is 2. The molecule has 0 saturated carbocycles. The van der Waals surface area contributed by atoms with Crippen LogP contribution in [-0.4, -0.2) is 15.9 Å². The first-order valence-electron chi connectivity index (χ1n) is 8.48. The number of anilines is 3. The van der Waals surface area contributed by atoms with Crippen LogP contribution >= 0.6 is 0 Å². The lowest BCUT2D eigenvalue weighted by atomic mass is 10.1. The lowest BCUT2D eigenvalue weighted by molar-refractivity contribution is 0.102. The number of amides is 1. The quantitative estimate of drug-likeness (QED) is 0.718. The SMILES string of the molecule is Cc1ccc(Nc2ncc(C(=O)Nc3c(C)cccc3C)cn2)c(C)c1. The van der Waals surface area contributed by atoms with Gasteiger partial charge in [0.2, 0.25) is 5.95 Å². The molecule has 0 atom stereocenters. The number of rotatable bonds is 4. The van der Waals surface area contributed by atoms with Crippen molar-refractivity contribution >= 4 is 23.2 Å². The molecule has 0 saturated heterocycles. The molecule has 0 aliphatic carbocycles. The third-order valence-electron chi connectivity index (χ3n) is 4.26. The molecule has 0 bridgehead atoms. The number of hydrogen-bond donors (Lipinski definition) is 2. The molecule has 1 amide bonds. The third-order valence-corrected chi connectivity index (χ3v) is 4.26. The van der Waals surface area contributed by atoms with E-state index in [0.29, 0.717) is 11.5 Å².